The molecule has 0 bridgehead atoms. The van der Waals surface area contributed by atoms with Crippen LogP contribution in [0.25, 0.3) is 11.0 Å². The monoisotopic (exact) mass is 217 g/mol. The van der Waals surface area contributed by atoms with Crippen molar-refractivity contribution in [3.8, 4) is 6.01 Å². The second-order valence-electron chi connectivity index (χ2n) is 3.12. The van der Waals surface area contributed by atoms with Crippen LogP contribution in [0.3, 0.4) is 0 Å². The number of rotatable bonds is 3. The fourth-order valence-corrected chi connectivity index (χ4v) is 1.26. The minimum atomic E-state index is -0.557. The molecule has 2 rings (SSSR count). The Labute approximate surface area is 92.1 Å². The zero-order valence-electron chi connectivity index (χ0n) is 8.56. The molecule has 0 saturated heterocycles. The zero-order valence-corrected chi connectivity index (χ0v) is 8.56. The first-order chi connectivity index (χ1) is 7.79. The van der Waals surface area contributed by atoms with E-state index in [1.165, 1.54) is 0 Å². The fourth-order valence-electron chi connectivity index (χ4n) is 1.26. The van der Waals surface area contributed by atoms with Crippen LogP contribution in [0, 0.1) is 0 Å². The van der Waals surface area contributed by atoms with Gasteiger partial charge in [0.25, 0.3) is 0 Å². The van der Waals surface area contributed by atoms with Gasteiger partial charge in [-0.1, -0.05) is 18.2 Å². The molecule has 0 radical (unpaired) electrons. The molecule has 0 unspecified atom stereocenters. The SMILES string of the molecule is C=CCNC(=O)Oc1nc2ccccc2[nH]1. The second-order valence-corrected chi connectivity index (χ2v) is 3.12. The van der Waals surface area contributed by atoms with E-state index in [2.05, 4.69) is 21.9 Å². The normalized spacial score (nSPS) is 10.0. The molecular weight excluding hydrogens is 206 g/mol. The average molecular weight is 217 g/mol. The van der Waals surface area contributed by atoms with E-state index in [9.17, 15) is 4.79 Å². The van der Waals surface area contributed by atoms with E-state index in [-0.39, 0.29) is 6.01 Å². The Morgan fingerprint density at radius 3 is 3.12 bits per heavy atom. The number of carbonyl (C=O) groups excluding carboxylic acids is 1. The van der Waals surface area contributed by atoms with E-state index in [4.69, 9.17) is 4.74 Å². The standard InChI is InChI=1S/C11H11N3O2/c1-2-7-12-11(15)16-10-13-8-5-3-4-6-9(8)14-10/h2-6H,1,7H2,(H,12,15)(H,13,14). The highest BCUT2D eigenvalue weighted by Gasteiger charge is 2.07. The maximum atomic E-state index is 11.2. The van der Waals surface area contributed by atoms with Gasteiger partial charge in [0.2, 0.25) is 0 Å². The maximum Gasteiger partial charge on any atom is 0.415 e. The molecule has 0 fully saturated rings. The molecule has 16 heavy (non-hydrogen) atoms. The lowest BCUT2D eigenvalue weighted by Crippen LogP contribution is -2.27. The van der Waals surface area contributed by atoms with Crippen LogP contribution in [0.1, 0.15) is 0 Å². The quantitative estimate of drug-likeness (QED) is 0.771. The molecule has 1 heterocycles. The van der Waals surface area contributed by atoms with E-state index in [1.54, 1.807) is 6.08 Å². The predicted molar refractivity (Wildman–Crippen MR) is 60.3 cm³/mol. The molecular formula is C11H11N3O2. The van der Waals surface area contributed by atoms with Crippen LogP contribution < -0.4 is 10.1 Å². The number of aromatic nitrogens is 2. The van der Waals surface area contributed by atoms with Crippen molar-refractivity contribution in [1.82, 2.24) is 15.3 Å². The molecule has 5 nitrogen and oxygen atoms in total. The summed E-state index contributed by atoms with van der Waals surface area (Å²) in [7, 11) is 0. The van der Waals surface area contributed by atoms with Gasteiger partial charge < -0.3 is 15.0 Å². The van der Waals surface area contributed by atoms with Gasteiger partial charge in [-0.3, -0.25) is 0 Å². The summed E-state index contributed by atoms with van der Waals surface area (Å²) in [6.07, 6.45) is 1.01. The van der Waals surface area contributed by atoms with E-state index >= 15 is 0 Å². The molecule has 0 saturated carbocycles. The third kappa shape index (κ3) is 2.20. The van der Waals surface area contributed by atoms with Gasteiger partial charge in [0.05, 0.1) is 11.0 Å². The van der Waals surface area contributed by atoms with Gasteiger partial charge in [-0.05, 0) is 12.1 Å². The predicted octanol–water partition coefficient (Wildman–Crippen LogP) is 1.84. The molecule has 1 aromatic carbocycles. The first-order valence-corrected chi connectivity index (χ1v) is 4.81. The maximum absolute atomic E-state index is 11.2. The largest absolute Gasteiger partial charge is 0.415 e. The number of amides is 1. The smallest absolute Gasteiger partial charge is 0.375 e. The number of carbonyl (C=O) groups is 1. The summed E-state index contributed by atoms with van der Waals surface area (Å²) in [5.74, 6) is 0. The minimum Gasteiger partial charge on any atom is -0.375 e. The number of H-pyrrole nitrogens is 1. The molecule has 0 aliphatic heterocycles. The van der Waals surface area contributed by atoms with Gasteiger partial charge in [0, 0.05) is 6.54 Å². The lowest BCUT2D eigenvalue weighted by atomic mass is 10.3. The van der Waals surface area contributed by atoms with E-state index in [0.717, 1.165) is 11.0 Å². The van der Waals surface area contributed by atoms with Gasteiger partial charge in [0.1, 0.15) is 0 Å². The Hall–Kier alpha value is -2.30. The van der Waals surface area contributed by atoms with Crippen LogP contribution in [0.2, 0.25) is 0 Å². The second kappa shape index (κ2) is 4.48. The summed E-state index contributed by atoms with van der Waals surface area (Å²) >= 11 is 0. The van der Waals surface area contributed by atoms with Crippen LogP contribution in [-0.4, -0.2) is 22.6 Å². The summed E-state index contributed by atoms with van der Waals surface area (Å²) in [4.78, 5) is 18.2. The molecule has 0 spiro atoms. The zero-order chi connectivity index (χ0) is 11.4. The number of imidazole rings is 1. The first kappa shape index (κ1) is 10.2. The lowest BCUT2D eigenvalue weighted by Gasteiger charge is -1.99. The van der Waals surface area contributed by atoms with Crippen LogP contribution in [0.15, 0.2) is 36.9 Å². The third-order valence-electron chi connectivity index (χ3n) is 1.95. The Balaban J connectivity index is 2.09. The summed E-state index contributed by atoms with van der Waals surface area (Å²) in [6, 6.07) is 7.62. The number of fused-ring (bicyclic) bond motifs is 1. The van der Waals surface area contributed by atoms with E-state index < -0.39 is 6.09 Å². The number of nitrogens with zero attached hydrogens (tertiary/aromatic N) is 1. The van der Waals surface area contributed by atoms with Crippen molar-refractivity contribution in [2.45, 2.75) is 0 Å². The molecule has 0 aliphatic carbocycles. The molecule has 82 valence electrons. The molecule has 5 heteroatoms. The molecule has 0 aliphatic rings. The highest BCUT2D eigenvalue weighted by atomic mass is 16.6. The van der Waals surface area contributed by atoms with Gasteiger partial charge in [-0.25, -0.2) is 4.79 Å². The van der Waals surface area contributed by atoms with Crippen molar-refractivity contribution in [3.63, 3.8) is 0 Å². The average Bonchev–Trinajstić information content (AvgIpc) is 2.68. The van der Waals surface area contributed by atoms with Crippen molar-refractivity contribution in [1.29, 1.82) is 0 Å². The van der Waals surface area contributed by atoms with E-state index in [0.29, 0.717) is 6.54 Å². The highest BCUT2D eigenvalue weighted by molar-refractivity contribution is 5.77. The fraction of sp³-hybridized carbons (Fsp3) is 0.0909. The highest BCUT2D eigenvalue weighted by Crippen LogP contribution is 2.14. The Kier molecular flexibility index (Phi) is 2.86. The lowest BCUT2D eigenvalue weighted by molar-refractivity contribution is 0.198. The number of nitrogens with one attached hydrogen (secondary N) is 2. The molecule has 1 amide bonds. The van der Waals surface area contributed by atoms with Crippen molar-refractivity contribution in [2.75, 3.05) is 6.54 Å². The van der Waals surface area contributed by atoms with Crippen molar-refractivity contribution in [2.24, 2.45) is 0 Å². The number of hydrogen-bond acceptors (Lipinski definition) is 3. The Bertz CT molecular complexity index is 486. The van der Waals surface area contributed by atoms with Gasteiger partial charge in [-0.2, -0.15) is 4.98 Å². The Morgan fingerprint density at radius 2 is 2.38 bits per heavy atom. The van der Waals surface area contributed by atoms with Crippen LogP contribution in [0.4, 0.5) is 4.79 Å². The summed E-state index contributed by atoms with van der Waals surface area (Å²) in [5, 5.41) is 2.49. The van der Waals surface area contributed by atoms with Crippen molar-refractivity contribution >= 4 is 17.1 Å². The molecule has 2 N–H and O–H groups in total. The van der Waals surface area contributed by atoms with Crippen molar-refractivity contribution in [3.05, 3.63) is 36.9 Å². The van der Waals surface area contributed by atoms with Crippen LogP contribution in [-0.2, 0) is 0 Å². The number of benzene rings is 1. The van der Waals surface area contributed by atoms with E-state index in [1.807, 2.05) is 24.3 Å². The summed E-state index contributed by atoms with van der Waals surface area (Å²) < 4.78 is 4.94. The number of hydrogen-bond donors (Lipinski definition) is 2. The molecule has 1 aromatic heterocycles. The number of aromatic amines is 1. The van der Waals surface area contributed by atoms with Gasteiger partial charge in [-0.15, -0.1) is 6.58 Å². The molecule has 2 aromatic rings. The van der Waals surface area contributed by atoms with Crippen LogP contribution >= 0.6 is 0 Å². The summed E-state index contributed by atoms with van der Waals surface area (Å²) in [6.45, 7) is 3.84. The number of ether oxygens (including phenoxy) is 1. The molecule has 0 atom stereocenters. The topological polar surface area (TPSA) is 67.0 Å². The van der Waals surface area contributed by atoms with Gasteiger partial charge in [0.15, 0.2) is 0 Å². The first-order valence-electron chi connectivity index (χ1n) is 4.81. The Morgan fingerprint density at radius 1 is 1.56 bits per heavy atom. The summed E-state index contributed by atoms with van der Waals surface area (Å²) in [5.41, 5.74) is 1.59. The van der Waals surface area contributed by atoms with Crippen molar-refractivity contribution < 1.29 is 9.53 Å². The minimum absolute atomic E-state index is 0.183. The van der Waals surface area contributed by atoms with Gasteiger partial charge >= 0.3 is 12.1 Å². The van der Waals surface area contributed by atoms with Crippen LogP contribution in [0.5, 0.6) is 6.01 Å². The third-order valence-corrected chi connectivity index (χ3v) is 1.95. The number of para-hydroxylation sites is 2.